The molecule has 0 spiro atoms. The maximum Gasteiger partial charge on any atom is 0.305 e. The van der Waals surface area contributed by atoms with Gasteiger partial charge in [0.05, 0.1) is 18.7 Å². The molecule has 2 N–H and O–H groups in total. The summed E-state index contributed by atoms with van der Waals surface area (Å²) in [5.41, 5.74) is 11.7. The number of carbonyl (C=O) groups is 2. The van der Waals surface area contributed by atoms with Gasteiger partial charge in [0.2, 0.25) is 5.91 Å². The topological polar surface area (TPSA) is 83.0 Å². The average Bonchev–Trinajstić information content (AvgIpc) is 3.10. The number of nitrogens with zero attached hydrogens (tertiary/aromatic N) is 1. The van der Waals surface area contributed by atoms with Crippen molar-refractivity contribution in [1.82, 2.24) is 4.40 Å². The maximum absolute atomic E-state index is 12.2. The Bertz CT molecular complexity index is 1160. The number of benzene rings is 1. The molecule has 0 radical (unpaired) electrons. The zero-order valence-electron chi connectivity index (χ0n) is 18.3. The van der Waals surface area contributed by atoms with Crippen LogP contribution in [0.3, 0.4) is 0 Å². The minimum Gasteiger partial charge on any atom is -0.493 e. The Morgan fingerprint density at radius 2 is 1.97 bits per heavy atom. The minimum absolute atomic E-state index is 0.214. The Morgan fingerprint density at radius 3 is 2.72 bits per heavy atom. The predicted molar refractivity (Wildman–Crippen MR) is 123 cm³/mol. The van der Waals surface area contributed by atoms with Crippen LogP contribution in [0.25, 0.3) is 11.1 Å². The highest BCUT2D eigenvalue weighted by Crippen LogP contribution is 2.37. The van der Waals surface area contributed by atoms with Crippen molar-refractivity contribution in [2.45, 2.75) is 39.0 Å². The first-order valence-corrected chi connectivity index (χ1v) is 11.1. The fourth-order valence-corrected chi connectivity index (χ4v) is 4.32. The van der Waals surface area contributed by atoms with Crippen LogP contribution in [0.15, 0.2) is 54.7 Å². The monoisotopic (exact) mass is 432 g/mol. The lowest BCUT2D eigenvalue weighted by atomic mass is 9.90. The van der Waals surface area contributed by atoms with Gasteiger partial charge in [-0.05, 0) is 43.4 Å². The van der Waals surface area contributed by atoms with E-state index in [9.17, 15) is 9.59 Å². The standard InChI is InChI=1S/C26H28N2O4/c1-2-31-24(29)12-7-15-32-19-13-14-28-22(16-18-8-4-3-5-9-18)20-10-6-11-21(26(27)30)25(20)23(28)17-19/h3-5,8-9,11,13-14,17H,2,6-7,10,12,15-16H2,1H3,(H2,27,30). The predicted octanol–water partition coefficient (Wildman–Crippen LogP) is 4.07. The molecule has 0 atom stereocenters. The molecular formula is C26H28N2O4. The summed E-state index contributed by atoms with van der Waals surface area (Å²) in [5, 5.41) is 0. The van der Waals surface area contributed by atoms with E-state index in [1.54, 1.807) is 6.92 Å². The number of allylic oxidation sites excluding steroid dienone is 1. The van der Waals surface area contributed by atoms with E-state index in [-0.39, 0.29) is 5.97 Å². The fraction of sp³-hybridized carbons (Fsp3) is 0.308. The number of hydrogen-bond acceptors (Lipinski definition) is 4. The second-order valence-corrected chi connectivity index (χ2v) is 7.86. The van der Waals surface area contributed by atoms with Crippen molar-refractivity contribution in [2.75, 3.05) is 13.2 Å². The summed E-state index contributed by atoms with van der Waals surface area (Å²) >= 11 is 0. The molecule has 3 aromatic rings. The molecule has 2 heterocycles. The third-order valence-corrected chi connectivity index (χ3v) is 5.71. The smallest absolute Gasteiger partial charge is 0.305 e. The molecule has 0 fully saturated rings. The van der Waals surface area contributed by atoms with Gasteiger partial charge in [-0.2, -0.15) is 0 Å². The molecule has 4 rings (SSSR count). The quantitative estimate of drug-likeness (QED) is 0.408. The number of aromatic nitrogens is 1. The molecule has 0 saturated heterocycles. The lowest BCUT2D eigenvalue weighted by Crippen LogP contribution is -2.16. The highest BCUT2D eigenvalue weighted by Gasteiger charge is 2.26. The molecule has 2 aromatic heterocycles. The van der Waals surface area contributed by atoms with Crippen LogP contribution in [-0.4, -0.2) is 29.5 Å². The molecule has 0 bridgehead atoms. The number of rotatable bonds is 9. The van der Waals surface area contributed by atoms with Gasteiger partial charge in [-0.3, -0.25) is 9.59 Å². The van der Waals surface area contributed by atoms with E-state index in [1.165, 1.54) is 16.8 Å². The molecule has 166 valence electrons. The number of esters is 1. The molecule has 6 heteroatoms. The van der Waals surface area contributed by atoms with Gasteiger partial charge in [0.25, 0.3) is 0 Å². The number of hydrogen-bond donors (Lipinski definition) is 1. The summed E-state index contributed by atoms with van der Waals surface area (Å²) < 4.78 is 13.0. The molecule has 1 aliphatic carbocycles. The molecule has 1 aromatic carbocycles. The highest BCUT2D eigenvalue weighted by atomic mass is 16.5. The Balaban J connectivity index is 1.66. The highest BCUT2D eigenvalue weighted by molar-refractivity contribution is 6.21. The lowest BCUT2D eigenvalue weighted by molar-refractivity contribution is -0.143. The van der Waals surface area contributed by atoms with E-state index in [2.05, 4.69) is 16.5 Å². The van der Waals surface area contributed by atoms with Crippen LogP contribution < -0.4 is 10.5 Å². The van der Waals surface area contributed by atoms with Crippen LogP contribution in [0.2, 0.25) is 0 Å². The van der Waals surface area contributed by atoms with E-state index in [0.717, 1.165) is 30.3 Å². The van der Waals surface area contributed by atoms with E-state index in [0.29, 0.717) is 37.4 Å². The van der Waals surface area contributed by atoms with Crippen molar-refractivity contribution >= 4 is 23.0 Å². The summed E-state index contributed by atoms with van der Waals surface area (Å²) in [7, 11) is 0. The molecule has 32 heavy (non-hydrogen) atoms. The van der Waals surface area contributed by atoms with Crippen molar-refractivity contribution in [2.24, 2.45) is 5.73 Å². The molecule has 0 unspecified atom stereocenters. The first kappa shape index (κ1) is 21.7. The van der Waals surface area contributed by atoms with Gasteiger partial charge < -0.3 is 19.6 Å². The molecule has 1 aliphatic rings. The Labute approximate surface area is 187 Å². The number of nitrogens with two attached hydrogens (primary N) is 1. The summed E-state index contributed by atoms with van der Waals surface area (Å²) in [5.74, 6) is 0.0711. The first-order valence-electron chi connectivity index (χ1n) is 11.1. The lowest BCUT2D eigenvalue weighted by Gasteiger charge is -2.13. The summed E-state index contributed by atoms with van der Waals surface area (Å²) in [6.07, 6.45) is 7.26. The SMILES string of the molecule is CCOC(=O)CCCOc1ccn2c(Cc3ccccc3)c3c(c2c1)C(C(N)=O)=CCC3. The van der Waals surface area contributed by atoms with Crippen molar-refractivity contribution in [3.8, 4) is 5.75 Å². The Kier molecular flexibility index (Phi) is 6.59. The zero-order valence-corrected chi connectivity index (χ0v) is 18.3. The first-order chi connectivity index (χ1) is 15.6. The van der Waals surface area contributed by atoms with Gasteiger partial charge in [0, 0.05) is 41.9 Å². The summed E-state index contributed by atoms with van der Waals surface area (Å²) in [6, 6.07) is 14.2. The van der Waals surface area contributed by atoms with Crippen LogP contribution in [0.5, 0.6) is 5.75 Å². The van der Waals surface area contributed by atoms with Gasteiger partial charge in [-0.25, -0.2) is 0 Å². The van der Waals surface area contributed by atoms with E-state index in [1.807, 2.05) is 42.6 Å². The van der Waals surface area contributed by atoms with E-state index >= 15 is 0 Å². The van der Waals surface area contributed by atoms with E-state index in [4.69, 9.17) is 15.2 Å². The van der Waals surface area contributed by atoms with Crippen molar-refractivity contribution < 1.29 is 19.1 Å². The fourth-order valence-electron chi connectivity index (χ4n) is 4.32. The third-order valence-electron chi connectivity index (χ3n) is 5.71. The molecule has 0 saturated carbocycles. The van der Waals surface area contributed by atoms with Crippen LogP contribution in [-0.2, 0) is 27.2 Å². The van der Waals surface area contributed by atoms with Crippen LogP contribution >= 0.6 is 0 Å². The Hall–Kier alpha value is -3.54. The third kappa shape index (κ3) is 4.54. The van der Waals surface area contributed by atoms with Gasteiger partial charge in [0.15, 0.2) is 0 Å². The second kappa shape index (κ2) is 9.73. The van der Waals surface area contributed by atoms with Crippen molar-refractivity contribution in [3.63, 3.8) is 0 Å². The largest absolute Gasteiger partial charge is 0.493 e. The van der Waals surface area contributed by atoms with E-state index < -0.39 is 5.91 Å². The van der Waals surface area contributed by atoms with Crippen LogP contribution in [0, 0.1) is 0 Å². The Morgan fingerprint density at radius 1 is 1.16 bits per heavy atom. The maximum atomic E-state index is 12.2. The van der Waals surface area contributed by atoms with Gasteiger partial charge >= 0.3 is 5.97 Å². The number of carbonyl (C=O) groups excluding carboxylic acids is 2. The van der Waals surface area contributed by atoms with Gasteiger partial charge in [0.1, 0.15) is 5.75 Å². The second-order valence-electron chi connectivity index (χ2n) is 7.86. The number of fused-ring (bicyclic) bond motifs is 3. The average molecular weight is 433 g/mol. The summed E-state index contributed by atoms with van der Waals surface area (Å²) in [4.78, 5) is 23.7. The van der Waals surface area contributed by atoms with Gasteiger partial charge in [-0.15, -0.1) is 0 Å². The van der Waals surface area contributed by atoms with Gasteiger partial charge in [-0.1, -0.05) is 36.4 Å². The number of pyridine rings is 1. The van der Waals surface area contributed by atoms with Crippen LogP contribution in [0.4, 0.5) is 0 Å². The number of primary amides is 1. The van der Waals surface area contributed by atoms with Crippen molar-refractivity contribution in [3.05, 3.63) is 77.1 Å². The molecule has 6 nitrogen and oxygen atoms in total. The minimum atomic E-state index is -0.412. The normalized spacial score (nSPS) is 12.8. The van der Waals surface area contributed by atoms with Crippen molar-refractivity contribution in [1.29, 1.82) is 0 Å². The van der Waals surface area contributed by atoms with Crippen LogP contribution in [0.1, 0.15) is 48.6 Å². The summed E-state index contributed by atoms with van der Waals surface area (Å²) in [6.45, 7) is 2.59. The molecule has 1 amide bonds. The number of ether oxygens (including phenoxy) is 2. The number of amides is 1. The molecule has 0 aliphatic heterocycles. The molecular weight excluding hydrogens is 404 g/mol. The zero-order chi connectivity index (χ0) is 22.5.